The number of fused-ring (bicyclic) bond motifs is 2. The highest BCUT2D eigenvalue weighted by Crippen LogP contribution is 2.47. The normalized spacial score (nSPS) is 24.9. The average Bonchev–Trinajstić information content (AvgIpc) is 3.30. The lowest BCUT2D eigenvalue weighted by Crippen LogP contribution is -2.47. The summed E-state index contributed by atoms with van der Waals surface area (Å²) in [6, 6.07) is 11.2. The number of ether oxygens (including phenoxy) is 1. The summed E-state index contributed by atoms with van der Waals surface area (Å²) in [6.07, 6.45) is 0.129. The van der Waals surface area contributed by atoms with Crippen molar-refractivity contribution in [2.45, 2.75) is 85.4 Å². The number of rotatable bonds is 4. The van der Waals surface area contributed by atoms with Crippen molar-refractivity contribution in [2.75, 3.05) is 0 Å². The zero-order chi connectivity index (χ0) is 25.1. The number of benzene rings is 2. The third-order valence-electron chi connectivity index (χ3n) is 6.58. The second kappa shape index (κ2) is 8.37. The van der Waals surface area contributed by atoms with E-state index in [0.717, 1.165) is 11.1 Å². The largest absolute Gasteiger partial charge is 0.444 e. The lowest BCUT2D eigenvalue weighted by molar-refractivity contribution is 0.0218. The highest BCUT2D eigenvalue weighted by atomic mass is 32.2. The topological polar surface area (TPSA) is 97.8 Å². The van der Waals surface area contributed by atoms with E-state index in [4.69, 9.17) is 4.74 Å². The van der Waals surface area contributed by atoms with Crippen molar-refractivity contribution in [1.29, 1.82) is 0 Å². The van der Waals surface area contributed by atoms with Crippen molar-refractivity contribution in [1.82, 2.24) is 4.90 Å². The molecule has 2 aromatic carbocycles. The predicted molar refractivity (Wildman–Crippen MR) is 129 cm³/mol. The van der Waals surface area contributed by atoms with Gasteiger partial charge in [-0.2, -0.15) is 0 Å². The van der Waals surface area contributed by atoms with Crippen LogP contribution in [-0.4, -0.2) is 56.0 Å². The molecule has 1 amide bonds. The van der Waals surface area contributed by atoms with E-state index in [-0.39, 0.29) is 9.79 Å². The molecule has 2 heterocycles. The fourth-order valence-corrected chi connectivity index (χ4v) is 10.0. The minimum Gasteiger partial charge on any atom is -0.444 e. The molecule has 2 fully saturated rings. The van der Waals surface area contributed by atoms with Crippen LogP contribution in [0.1, 0.15) is 44.7 Å². The second-order valence-corrected chi connectivity index (χ2v) is 14.5. The van der Waals surface area contributed by atoms with E-state index in [1.165, 1.54) is 29.2 Å². The number of carbonyl (C=O) groups is 1. The average molecular weight is 506 g/mol. The van der Waals surface area contributed by atoms with Crippen molar-refractivity contribution < 1.29 is 26.4 Å². The van der Waals surface area contributed by atoms with Crippen LogP contribution in [0.4, 0.5) is 4.79 Å². The van der Waals surface area contributed by atoms with Crippen LogP contribution < -0.4 is 0 Å². The number of carbonyl (C=O) groups excluding carboxylic acids is 1. The van der Waals surface area contributed by atoms with E-state index in [1.807, 2.05) is 13.8 Å². The Balaban J connectivity index is 1.85. The van der Waals surface area contributed by atoms with Crippen molar-refractivity contribution in [3.05, 3.63) is 59.7 Å². The van der Waals surface area contributed by atoms with Gasteiger partial charge in [-0.25, -0.2) is 21.6 Å². The molecule has 4 atom stereocenters. The maximum Gasteiger partial charge on any atom is 0.410 e. The fraction of sp³-hybridized carbons (Fsp3) is 0.480. The number of nitrogens with zero attached hydrogens (tertiary/aromatic N) is 1. The SMILES string of the molecule is Cc1ccc(S(=O)(=O)[C@@H]2[C@H](S(=O)(=O)c3ccc(C)cc3)[C@@H]3CC[C@H]2N3C(=O)OC(C)(C)C)cc1. The van der Waals surface area contributed by atoms with Gasteiger partial charge in [0.1, 0.15) is 16.1 Å². The summed E-state index contributed by atoms with van der Waals surface area (Å²) in [4.78, 5) is 14.6. The number of hydrogen-bond acceptors (Lipinski definition) is 6. The van der Waals surface area contributed by atoms with E-state index in [0.29, 0.717) is 12.8 Å². The van der Waals surface area contributed by atoms with Gasteiger partial charge >= 0.3 is 6.09 Å². The highest BCUT2D eigenvalue weighted by molar-refractivity contribution is 7.96. The summed E-state index contributed by atoms with van der Waals surface area (Å²) in [6.45, 7) is 8.88. The van der Waals surface area contributed by atoms with Gasteiger partial charge in [0.05, 0.1) is 21.9 Å². The monoisotopic (exact) mass is 505 g/mol. The number of amides is 1. The van der Waals surface area contributed by atoms with Crippen LogP contribution in [0, 0.1) is 13.8 Å². The van der Waals surface area contributed by atoms with Crippen LogP contribution in [0.15, 0.2) is 58.3 Å². The summed E-state index contributed by atoms with van der Waals surface area (Å²) in [5, 5.41) is -2.57. The molecule has 0 unspecified atom stereocenters. The van der Waals surface area contributed by atoms with Gasteiger partial charge in [-0.1, -0.05) is 35.4 Å². The molecule has 0 aromatic heterocycles. The molecule has 2 bridgehead atoms. The molecule has 0 saturated carbocycles. The van der Waals surface area contributed by atoms with Gasteiger partial charge in [0, 0.05) is 0 Å². The van der Waals surface area contributed by atoms with Gasteiger partial charge < -0.3 is 4.74 Å². The molecular formula is C25H31NO6S2. The van der Waals surface area contributed by atoms with Crippen LogP contribution in [0.3, 0.4) is 0 Å². The predicted octanol–water partition coefficient (Wildman–Crippen LogP) is 4.07. The molecule has 0 N–H and O–H groups in total. The molecule has 2 aliphatic rings. The lowest BCUT2D eigenvalue weighted by atomic mass is 10.00. The summed E-state index contributed by atoms with van der Waals surface area (Å²) < 4.78 is 61.1. The first-order valence-electron chi connectivity index (χ1n) is 11.4. The van der Waals surface area contributed by atoms with Crippen molar-refractivity contribution in [2.24, 2.45) is 0 Å². The van der Waals surface area contributed by atoms with Gasteiger partial charge in [0.15, 0.2) is 19.7 Å². The quantitative estimate of drug-likeness (QED) is 0.621. The first-order chi connectivity index (χ1) is 15.7. The Morgan fingerprint density at radius 2 is 1.12 bits per heavy atom. The molecule has 2 aliphatic heterocycles. The van der Waals surface area contributed by atoms with E-state index in [1.54, 1.807) is 45.0 Å². The fourth-order valence-electron chi connectivity index (χ4n) is 5.07. The van der Waals surface area contributed by atoms with Crippen LogP contribution >= 0.6 is 0 Å². The molecule has 2 saturated heterocycles. The van der Waals surface area contributed by atoms with E-state index < -0.39 is 54.0 Å². The smallest absolute Gasteiger partial charge is 0.410 e. The molecule has 184 valence electrons. The zero-order valence-corrected chi connectivity index (χ0v) is 21.7. The molecule has 0 spiro atoms. The van der Waals surface area contributed by atoms with Crippen LogP contribution in [0.5, 0.6) is 0 Å². The summed E-state index contributed by atoms with van der Waals surface area (Å²) in [5.74, 6) is 0. The maximum absolute atomic E-state index is 13.9. The van der Waals surface area contributed by atoms with Crippen LogP contribution in [0.25, 0.3) is 0 Å². The van der Waals surface area contributed by atoms with Gasteiger partial charge in [-0.05, 0) is 71.7 Å². The van der Waals surface area contributed by atoms with Gasteiger partial charge in [-0.15, -0.1) is 0 Å². The Hall–Kier alpha value is -2.39. The van der Waals surface area contributed by atoms with E-state index >= 15 is 0 Å². The number of hydrogen-bond donors (Lipinski definition) is 0. The summed E-state index contributed by atoms with van der Waals surface area (Å²) in [7, 11) is -8.15. The first-order valence-corrected chi connectivity index (χ1v) is 14.5. The second-order valence-electron chi connectivity index (χ2n) is 10.2. The molecule has 0 radical (unpaired) electrons. The Morgan fingerprint density at radius 3 is 1.44 bits per heavy atom. The van der Waals surface area contributed by atoms with Crippen LogP contribution in [-0.2, 0) is 24.4 Å². The molecule has 34 heavy (non-hydrogen) atoms. The van der Waals surface area contributed by atoms with Crippen molar-refractivity contribution in [3.63, 3.8) is 0 Å². The first kappa shape index (κ1) is 24.7. The Bertz CT molecular complexity index is 1200. The molecule has 2 aromatic rings. The Kier molecular flexibility index (Phi) is 6.09. The number of aryl methyl sites for hydroxylation is 2. The van der Waals surface area contributed by atoms with Crippen molar-refractivity contribution >= 4 is 25.8 Å². The molecule has 0 aliphatic carbocycles. The maximum atomic E-state index is 13.9. The zero-order valence-electron chi connectivity index (χ0n) is 20.1. The van der Waals surface area contributed by atoms with Gasteiger partial charge in [0.2, 0.25) is 0 Å². The van der Waals surface area contributed by atoms with E-state index in [9.17, 15) is 21.6 Å². The molecule has 4 rings (SSSR count). The molecule has 9 heteroatoms. The van der Waals surface area contributed by atoms with Crippen LogP contribution in [0.2, 0.25) is 0 Å². The summed E-state index contributed by atoms with van der Waals surface area (Å²) >= 11 is 0. The molecular weight excluding hydrogens is 474 g/mol. The minimum absolute atomic E-state index is 0.0592. The van der Waals surface area contributed by atoms with E-state index in [2.05, 4.69) is 0 Å². The Morgan fingerprint density at radius 1 is 0.765 bits per heavy atom. The third kappa shape index (κ3) is 4.24. The van der Waals surface area contributed by atoms with Crippen molar-refractivity contribution in [3.8, 4) is 0 Å². The van der Waals surface area contributed by atoms with Gasteiger partial charge in [0.25, 0.3) is 0 Å². The highest BCUT2D eigenvalue weighted by Gasteiger charge is 2.64. The third-order valence-corrected chi connectivity index (χ3v) is 11.3. The lowest BCUT2D eigenvalue weighted by Gasteiger charge is -2.28. The van der Waals surface area contributed by atoms with Gasteiger partial charge in [-0.3, -0.25) is 4.90 Å². The Labute approximate surface area is 202 Å². The summed E-state index contributed by atoms with van der Waals surface area (Å²) in [5.41, 5.74) is 0.993. The molecule has 7 nitrogen and oxygen atoms in total. The number of sulfone groups is 2. The minimum atomic E-state index is -4.07. The standard InChI is InChI=1S/C25H31NO6S2/c1-16-6-10-18(11-7-16)33(28,29)22-20-14-15-21(26(20)24(27)32-25(3,4)5)23(22)34(30,31)19-12-8-17(2)9-13-19/h6-13,20-23H,14-15H2,1-5H3/t20-,21+,22+,23-.